The lowest BCUT2D eigenvalue weighted by molar-refractivity contribution is -0.267. The van der Waals surface area contributed by atoms with Gasteiger partial charge in [0, 0.05) is 7.05 Å². The summed E-state index contributed by atoms with van der Waals surface area (Å²) in [5, 5.41) is 21.6. The molecule has 0 spiro atoms. The van der Waals surface area contributed by atoms with E-state index < -0.39 is 42.1 Å². The third-order valence-electron chi connectivity index (χ3n) is 2.91. The number of halogens is 4. The molecule has 0 unspecified atom stereocenters. The molecule has 110 valence electrons. The third kappa shape index (κ3) is 2.67. The minimum atomic E-state index is -4.99. The SMILES string of the molecule is CNC1=N[C@@H]2[C@@H](F)[C@H](O)[C@@H]([C@H](O)C(F)(F)F)O[C@@H]2S1. The summed E-state index contributed by atoms with van der Waals surface area (Å²) in [4.78, 5) is 3.86. The topological polar surface area (TPSA) is 74.1 Å². The van der Waals surface area contributed by atoms with Gasteiger partial charge in [0.1, 0.15) is 23.7 Å². The normalized spacial score (nSPS) is 40.6. The molecule has 0 aromatic rings. The maximum atomic E-state index is 13.9. The average molecular weight is 304 g/mol. The van der Waals surface area contributed by atoms with Crippen LogP contribution in [0, 0.1) is 0 Å². The molecule has 2 aliphatic rings. The van der Waals surface area contributed by atoms with Crippen LogP contribution < -0.4 is 5.32 Å². The number of hydrogen-bond donors (Lipinski definition) is 3. The van der Waals surface area contributed by atoms with Gasteiger partial charge in [-0.2, -0.15) is 13.2 Å². The van der Waals surface area contributed by atoms with E-state index in [0.29, 0.717) is 5.17 Å². The van der Waals surface area contributed by atoms with Crippen LogP contribution in [-0.4, -0.2) is 64.6 Å². The molecule has 0 aliphatic carbocycles. The van der Waals surface area contributed by atoms with E-state index in [9.17, 15) is 22.7 Å². The first kappa shape index (κ1) is 14.8. The first-order chi connectivity index (χ1) is 8.75. The fourth-order valence-electron chi connectivity index (χ4n) is 1.93. The summed E-state index contributed by atoms with van der Waals surface area (Å²) in [6.45, 7) is 0. The van der Waals surface area contributed by atoms with Gasteiger partial charge in [-0.05, 0) is 0 Å². The van der Waals surface area contributed by atoms with E-state index in [4.69, 9.17) is 9.84 Å². The van der Waals surface area contributed by atoms with Crippen molar-refractivity contribution in [2.24, 2.45) is 4.99 Å². The zero-order valence-electron chi connectivity index (χ0n) is 9.63. The Kier molecular flexibility index (Phi) is 3.96. The molecule has 2 heterocycles. The summed E-state index contributed by atoms with van der Waals surface area (Å²) in [5.41, 5.74) is -0.997. The van der Waals surface area contributed by atoms with Gasteiger partial charge in [0.15, 0.2) is 17.4 Å². The Morgan fingerprint density at radius 3 is 2.63 bits per heavy atom. The second-order valence-corrected chi connectivity index (χ2v) is 5.27. The number of ether oxygens (including phenoxy) is 1. The van der Waals surface area contributed by atoms with Crippen LogP contribution in [0.15, 0.2) is 4.99 Å². The number of nitrogens with zero attached hydrogens (tertiary/aromatic N) is 1. The molecule has 5 nitrogen and oxygen atoms in total. The molecule has 10 heteroatoms. The Hall–Kier alpha value is -0.580. The maximum absolute atomic E-state index is 13.9. The van der Waals surface area contributed by atoms with Gasteiger partial charge in [0.2, 0.25) is 0 Å². The Bertz CT molecular complexity index is 381. The second kappa shape index (κ2) is 5.08. The van der Waals surface area contributed by atoms with E-state index >= 15 is 0 Å². The monoisotopic (exact) mass is 304 g/mol. The van der Waals surface area contributed by atoms with Crippen molar-refractivity contribution < 1.29 is 32.5 Å². The highest BCUT2D eigenvalue weighted by atomic mass is 32.2. The van der Waals surface area contributed by atoms with Gasteiger partial charge in [-0.1, -0.05) is 11.8 Å². The molecule has 0 radical (unpaired) electrons. The van der Waals surface area contributed by atoms with Gasteiger partial charge in [-0.3, -0.25) is 4.99 Å². The van der Waals surface area contributed by atoms with Crippen LogP contribution in [0.1, 0.15) is 0 Å². The number of alkyl halides is 4. The van der Waals surface area contributed by atoms with Gasteiger partial charge in [-0.15, -0.1) is 0 Å². The van der Waals surface area contributed by atoms with E-state index in [-0.39, 0.29) is 0 Å². The molecular formula is C9H12F4N2O3S. The molecule has 1 fully saturated rings. The van der Waals surface area contributed by atoms with E-state index in [0.717, 1.165) is 11.8 Å². The number of amidine groups is 1. The minimum Gasteiger partial charge on any atom is -0.387 e. The predicted octanol–water partition coefficient (Wildman–Crippen LogP) is 0.0243. The summed E-state index contributed by atoms with van der Waals surface area (Å²) in [6, 6.07) is -1.08. The smallest absolute Gasteiger partial charge is 0.387 e. The van der Waals surface area contributed by atoms with Crippen molar-refractivity contribution in [2.45, 2.75) is 42.1 Å². The van der Waals surface area contributed by atoms with Crippen molar-refractivity contribution in [2.75, 3.05) is 7.05 Å². The number of aliphatic hydroxyl groups is 2. The Balaban J connectivity index is 2.16. The number of fused-ring (bicyclic) bond motifs is 1. The highest BCUT2D eigenvalue weighted by Crippen LogP contribution is 2.40. The molecule has 0 amide bonds. The van der Waals surface area contributed by atoms with E-state index in [1.54, 1.807) is 0 Å². The summed E-state index contributed by atoms with van der Waals surface area (Å²) in [7, 11) is 1.52. The standard InChI is InChI=1S/C9H12F4N2O3S/c1-14-8-15-3-2(10)4(16)5(18-7(3)19-8)6(17)9(11,12)13/h2-7,16-17H,1H3,(H,14,15)/t2-,3-,4+,5+,6+,7-/m1/s1. The largest absolute Gasteiger partial charge is 0.417 e. The van der Waals surface area contributed by atoms with Crippen molar-refractivity contribution in [3.05, 3.63) is 0 Å². The molecule has 2 aliphatic heterocycles. The average Bonchev–Trinajstić information content (AvgIpc) is 2.75. The Morgan fingerprint density at radius 2 is 2.11 bits per heavy atom. The van der Waals surface area contributed by atoms with Gasteiger partial charge >= 0.3 is 6.18 Å². The summed E-state index contributed by atoms with van der Waals surface area (Å²) >= 11 is 0.919. The van der Waals surface area contributed by atoms with Crippen molar-refractivity contribution >= 4 is 16.9 Å². The van der Waals surface area contributed by atoms with E-state index in [1.807, 2.05) is 0 Å². The van der Waals surface area contributed by atoms with Gasteiger partial charge < -0.3 is 20.3 Å². The number of nitrogens with one attached hydrogen (secondary N) is 1. The lowest BCUT2D eigenvalue weighted by atomic mass is 9.96. The summed E-state index contributed by atoms with van der Waals surface area (Å²) in [6.07, 6.45) is -14.1. The van der Waals surface area contributed by atoms with E-state index in [1.165, 1.54) is 7.05 Å². The number of rotatable bonds is 1. The van der Waals surface area contributed by atoms with Gasteiger partial charge in [-0.25, -0.2) is 4.39 Å². The molecular weight excluding hydrogens is 292 g/mol. The lowest BCUT2D eigenvalue weighted by Crippen LogP contribution is -2.59. The highest BCUT2D eigenvalue weighted by Gasteiger charge is 2.56. The van der Waals surface area contributed by atoms with Crippen LogP contribution >= 0.6 is 11.8 Å². The summed E-state index contributed by atoms with van der Waals surface area (Å²) < 4.78 is 56.1. The highest BCUT2D eigenvalue weighted by molar-refractivity contribution is 8.14. The molecule has 0 aromatic heterocycles. The van der Waals surface area contributed by atoms with Crippen molar-refractivity contribution in [3.63, 3.8) is 0 Å². The minimum absolute atomic E-state index is 0.312. The zero-order chi connectivity index (χ0) is 14.4. The van der Waals surface area contributed by atoms with Gasteiger partial charge in [0.25, 0.3) is 0 Å². The number of hydrogen-bond acceptors (Lipinski definition) is 6. The lowest BCUT2D eigenvalue weighted by Gasteiger charge is -2.39. The van der Waals surface area contributed by atoms with Crippen LogP contribution in [0.4, 0.5) is 17.6 Å². The second-order valence-electron chi connectivity index (χ2n) is 4.18. The van der Waals surface area contributed by atoms with Crippen LogP contribution in [0.25, 0.3) is 0 Å². The molecule has 3 N–H and O–H groups in total. The van der Waals surface area contributed by atoms with Crippen LogP contribution in [0.2, 0.25) is 0 Å². The van der Waals surface area contributed by atoms with Crippen molar-refractivity contribution in [3.8, 4) is 0 Å². The fourth-order valence-corrected chi connectivity index (χ4v) is 2.98. The maximum Gasteiger partial charge on any atom is 0.417 e. The first-order valence-corrected chi connectivity index (χ1v) is 6.28. The van der Waals surface area contributed by atoms with Crippen LogP contribution in [0.3, 0.4) is 0 Å². The molecule has 0 saturated carbocycles. The molecule has 0 aromatic carbocycles. The molecule has 19 heavy (non-hydrogen) atoms. The zero-order valence-corrected chi connectivity index (χ0v) is 10.5. The third-order valence-corrected chi connectivity index (χ3v) is 4.07. The van der Waals surface area contributed by atoms with Crippen LogP contribution in [-0.2, 0) is 4.74 Å². The molecule has 2 rings (SSSR count). The van der Waals surface area contributed by atoms with Crippen molar-refractivity contribution in [1.29, 1.82) is 0 Å². The Morgan fingerprint density at radius 1 is 1.47 bits per heavy atom. The first-order valence-electron chi connectivity index (χ1n) is 5.40. The van der Waals surface area contributed by atoms with Crippen molar-refractivity contribution in [1.82, 2.24) is 5.32 Å². The number of thioether (sulfide) groups is 1. The fraction of sp³-hybridized carbons (Fsp3) is 0.889. The number of aliphatic hydroxyl groups excluding tert-OH is 2. The van der Waals surface area contributed by atoms with Crippen LogP contribution in [0.5, 0.6) is 0 Å². The summed E-state index contributed by atoms with van der Waals surface area (Å²) in [5.74, 6) is 0. The molecule has 0 bridgehead atoms. The predicted molar refractivity (Wildman–Crippen MR) is 59.5 cm³/mol. The molecule has 1 saturated heterocycles. The molecule has 6 atom stereocenters. The number of aliphatic imine (C=N–C) groups is 1. The Labute approximate surface area is 110 Å². The quantitative estimate of drug-likeness (QED) is 0.596. The van der Waals surface area contributed by atoms with E-state index in [2.05, 4.69) is 10.3 Å². The van der Waals surface area contributed by atoms with Gasteiger partial charge in [0.05, 0.1) is 0 Å².